The third kappa shape index (κ3) is 3.67. The summed E-state index contributed by atoms with van der Waals surface area (Å²) in [5.74, 6) is -3.13. The smallest absolute Gasteiger partial charge is 0.326 e. The minimum absolute atomic E-state index is 0.296. The number of carbonyl (C=O) groups excluding carboxylic acids is 1. The highest BCUT2D eigenvalue weighted by molar-refractivity contribution is 5.98. The number of hydrogen-bond donors (Lipinski definition) is 3. The van der Waals surface area contributed by atoms with Crippen molar-refractivity contribution in [2.24, 2.45) is 5.41 Å². The van der Waals surface area contributed by atoms with Crippen molar-refractivity contribution in [1.29, 1.82) is 0 Å². The molecule has 19 heavy (non-hydrogen) atoms. The molecule has 0 aliphatic rings. The second-order valence-corrected chi connectivity index (χ2v) is 5.27. The van der Waals surface area contributed by atoms with Gasteiger partial charge in [0.25, 0.3) is 5.91 Å². The van der Waals surface area contributed by atoms with Crippen molar-refractivity contribution < 1.29 is 24.2 Å². The number of phenolic OH excluding ortho intramolecular Hbond substituents is 1. The van der Waals surface area contributed by atoms with E-state index in [-0.39, 0.29) is 5.56 Å². The summed E-state index contributed by atoms with van der Waals surface area (Å²) >= 11 is 0. The lowest BCUT2D eigenvalue weighted by atomic mass is 9.86. The average molecular weight is 269 g/mol. The molecule has 0 saturated carbocycles. The molecule has 5 nitrogen and oxygen atoms in total. The molecule has 1 rings (SSSR count). The molecule has 0 fully saturated rings. The van der Waals surface area contributed by atoms with Gasteiger partial charge in [0.2, 0.25) is 0 Å². The predicted molar refractivity (Wildman–Crippen MR) is 66.4 cm³/mol. The molecule has 1 aromatic carbocycles. The Balaban J connectivity index is 3.01. The SMILES string of the molecule is CC(C)(C)[C@H](NC(=O)c1cc(F)ccc1O)C(=O)O. The Morgan fingerprint density at radius 1 is 1.32 bits per heavy atom. The van der Waals surface area contributed by atoms with E-state index in [9.17, 15) is 19.1 Å². The van der Waals surface area contributed by atoms with Gasteiger partial charge in [-0.15, -0.1) is 0 Å². The maximum Gasteiger partial charge on any atom is 0.326 e. The van der Waals surface area contributed by atoms with Crippen molar-refractivity contribution in [3.63, 3.8) is 0 Å². The van der Waals surface area contributed by atoms with Crippen LogP contribution in [0.25, 0.3) is 0 Å². The van der Waals surface area contributed by atoms with E-state index < -0.39 is 34.9 Å². The molecule has 0 radical (unpaired) electrons. The number of aromatic hydroxyl groups is 1. The first-order chi connectivity index (χ1) is 8.62. The quantitative estimate of drug-likeness (QED) is 0.780. The standard InChI is InChI=1S/C13H16FNO4/c1-13(2,3)10(12(18)19)15-11(17)8-6-7(14)4-5-9(8)16/h4-6,10,16H,1-3H3,(H,15,17)(H,18,19)/t10-/m1/s1. The summed E-state index contributed by atoms with van der Waals surface area (Å²) in [5.41, 5.74) is -1.01. The molecule has 0 aromatic heterocycles. The summed E-state index contributed by atoms with van der Waals surface area (Å²) in [4.78, 5) is 23.0. The van der Waals surface area contributed by atoms with Crippen molar-refractivity contribution in [3.05, 3.63) is 29.6 Å². The highest BCUT2D eigenvalue weighted by atomic mass is 19.1. The fraction of sp³-hybridized carbons (Fsp3) is 0.385. The first-order valence-corrected chi connectivity index (χ1v) is 5.65. The molecule has 0 spiro atoms. The van der Waals surface area contributed by atoms with Gasteiger partial charge in [-0.25, -0.2) is 9.18 Å². The van der Waals surface area contributed by atoms with Crippen LogP contribution in [0.5, 0.6) is 5.75 Å². The second kappa shape index (κ2) is 5.26. The van der Waals surface area contributed by atoms with Crippen LogP contribution in [-0.4, -0.2) is 28.1 Å². The molecule has 3 N–H and O–H groups in total. The number of hydrogen-bond acceptors (Lipinski definition) is 3. The van der Waals surface area contributed by atoms with E-state index in [0.29, 0.717) is 0 Å². The molecule has 0 aliphatic carbocycles. The Labute approximate surface area is 110 Å². The number of phenols is 1. The summed E-state index contributed by atoms with van der Waals surface area (Å²) < 4.78 is 13.0. The van der Waals surface area contributed by atoms with Crippen molar-refractivity contribution >= 4 is 11.9 Å². The van der Waals surface area contributed by atoms with E-state index in [1.54, 1.807) is 20.8 Å². The van der Waals surface area contributed by atoms with E-state index >= 15 is 0 Å². The number of halogens is 1. The number of carboxylic acid groups (broad SMARTS) is 1. The molecular formula is C13H16FNO4. The molecule has 0 saturated heterocycles. The van der Waals surface area contributed by atoms with Gasteiger partial charge in [-0.1, -0.05) is 20.8 Å². The van der Waals surface area contributed by atoms with E-state index in [1.807, 2.05) is 0 Å². The van der Waals surface area contributed by atoms with Crippen LogP contribution in [-0.2, 0) is 4.79 Å². The van der Waals surface area contributed by atoms with Gasteiger partial charge in [0.05, 0.1) is 5.56 Å². The normalized spacial score (nSPS) is 12.8. The van der Waals surface area contributed by atoms with Crippen molar-refractivity contribution in [2.45, 2.75) is 26.8 Å². The van der Waals surface area contributed by atoms with Gasteiger partial charge in [-0.2, -0.15) is 0 Å². The molecule has 1 aromatic rings. The highest BCUT2D eigenvalue weighted by Crippen LogP contribution is 2.22. The number of aliphatic carboxylic acids is 1. The third-order valence-corrected chi connectivity index (χ3v) is 2.59. The van der Waals surface area contributed by atoms with Gasteiger partial charge < -0.3 is 15.5 Å². The van der Waals surface area contributed by atoms with Crippen LogP contribution in [0.15, 0.2) is 18.2 Å². The fourth-order valence-electron chi connectivity index (χ4n) is 1.55. The number of carbonyl (C=O) groups is 2. The molecule has 0 heterocycles. The zero-order chi connectivity index (χ0) is 14.8. The van der Waals surface area contributed by atoms with E-state index in [4.69, 9.17) is 5.11 Å². The number of rotatable bonds is 3. The Morgan fingerprint density at radius 2 is 1.89 bits per heavy atom. The lowest BCUT2D eigenvalue weighted by Crippen LogP contribution is -2.49. The van der Waals surface area contributed by atoms with Gasteiger partial charge in [0.15, 0.2) is 0 Å². The van der Waals surface area contributed by atoms with E-state index in [2.05, 4.69) is 5.32 Å². The number of benzene rings is 1. The Morgan fingerprint density at radius 3 is 2.37 bits per heavy atom. The maximum atomic E-state index is 13.0. The maximum absolute atomic E-state index is 13.0. The zero-order valence-corrected chi connectivity index (χ0v) is 10.9. The molecule has 104 valence electrons. The van der Waals surface area contributed by atoms with E-state index in [1.165, 1.54) is 0 Å². The molecular weight excluding hydrogens is 253 g/mol. The Bertz CT molecular complexity index is 508. The summed E-state index contributed by atoms with van der Waals surface area (Å²) in [7, 11) is 0. The number of amides is 1. The zero-order valence-electron chi connectivity index (χ0n) is 10.9. The van der Waals surface area contributed by atoms with Crippen molar-refractivity contribution in [3.8, 4) is 5.75 Å². The summed E-state index contributed by atoms with van der Waals surface area (Å²) in [6.07, 6.45) is 0. The number of carboxylic acids is 1. The molecule has 0 aliphatic heterocycles. The van der Waals surface area contributed by atoms with Crippen LogP contribution in [0.1, 0.15) is 31.1 Å². The lowest BCUT2D eigenvalue weighted by molar-refractivity contribution is -0.142. The molecule has 0 unspecified atom stereocenters. The van der Waals surface area contributed by atoms with Gasteiger partial charge in [0.1, 0.15) is 17.6 Å². The van der Waals surface area contributed by atoms with Gasteiger partial charge in [-0.05, 0) is 23.6 Å². The summed E-state index contributed by atoms with van der Waals surface area (Å²) in [6, 6.07) is 1.75. The lowest BCUT2D eigenvalue weighted by Gasteiger charge is -2.27. The summed E-state index contributed by atoms with van der Waals surface area (Å²) in [6.45, 7) is 4.95. The largest absolute Gasteiger partial charge is 0.507 e. The monoisotopic (exact) mass is 269 g/mol. The van der Waals surface area contributed by atoms with E-state index in [0.717, 1.165) is 18.2 Å². The summed E-state index contributed by atoms with van der Waals surface area (Å²) in [5, 5.41) is 20.8. The highest BCUT2D eigenvalue weighted by Gasteiger charge is 2.33. The molecule has 0 bridgehead atoms. The van der Waals surface area contributed by atoms with Gasteiger partial charge in [0, 0.05) is 0 Å². The average Bonchev–Trinajstić information content (AvgIpc) is 2.26. The van der Waals surface area contributed by atoms with Crippen LogP contribution in [0.2, 0.25) is 0 Å². The topological polar surface area (TPSA) is 86.6 Å². The second-order valence-electron chi connectivity index (χ2n) is 5.27. The van der Waals surface area contributed by atoms with Gasteiger partial charge >= 0.3 is 5.97 Å². The molecule has 1 amide bonds. The minimum Gasteiger partial charge on any atom is -0.507 e. The first kappa shape index (κ1) is 14.9. The number of nitrogens with one attached hydrogen (secondary N) is 1. The molecule has 1 atom stereocenters. The van der Waals surface area contributed by atoms with Crippen LogP contribution < -0.4 is 5.32 Å². The van der Waals surface area contributed by atoms with Crippen LogP contribution in [0, 0.1) is 11.2 Å². The van der Waals surface area contributed by atoms with Crippen LogP contribution in [0.4, 0.5) is 4.39 Å². The Hall–Kier alpha value is -2.11. The Kier molecular flexibility index (Phi) is 4.14. The van der Waals surface area contributed by atoms with Crippen LogP contribution in [0.3, 0.4) is 0 Å². The fourth-order valence-corrected chi connectivity index (χ4v) is 1.55. The first-order valence-electron chi connectivity index (χ1n) is 5.65. The minimum atomic E-state index is -1.20. The van der Waals surface area contributed by atoms with Crippen LogP contribution >= 0.6 is 0 Å². The van der Waals surface area contributed by atoms with Crippen molar-refractivity contribution in [1.82, 2.24) is 5.32 Å². The van der Waals surface area contributed by atoms with Gasteiger partial charge in [-0.3, -0.25) is 4.79 Å². The third-order valence-electron chi connectivity index (χ3n) is 2.59. The van der Waals surface area contributed by atoms with Crippen molar-refractivity contribution in [2.75, 3.05) is 0 Å². The predicted octanol–water partition coefficient (Wildman–Crippen LogP) is 1.76. The molecule has 6 heteroatoms.